The Labute approximate surface area is 101 Å². The molecule has 0 aromatic heterocycles. The summed E-state index contributed by atoms with van der Waals surface area (Å²) >= 11 is 0. The van der Waals surface area contributed by atoms with E-state index in [0.717, 1.165) is 25.9 Å². The van der Waals surface area contributed by atoms with Gasteiger partial charge in [0.05, 0.1) is 0 Å². The number of nitrogens with zero attached hydrogens (tertiary/aromatic N) is 1. The fraction of sp³-hybridized carbons (Fsp3) is 0.833. The summed E-state index contributed by atoms with van der Waals surface area (Å²) in [6.45, 7) is 5.79. The quantitative estimate of drug-likeness (QED) is 0.707. The zero-order valence-electron chi connectivity index (χ0n) is 10.5. The zero-order chi connectivity index (χ0) is 13.1. The molecule has 0 radical (unpaired) electrons. The summed E-state index contributed by atoms with van der Waals surface area (Å²) in [6.07, 6.45) is 2.20. The van der Waals surface area contributed by atoms with Gasteiger partial charge in [0.2, 0.25) is 0 Å². The van der Waals surface area contributed by atoms with Crippen LogP contribution in [0.4, 0.5) is 0 Å². The second-order valence-corrected chi connectivity index (χ2v) is 4.90. The van der Waals surface area contributed by atoms with Crippen LogP contribution in [-0.2, 0) is 9.59 Å². The minimum absolute atomic E-state index is 0.0846. The number of hydrogen-bond acceptors (Lipinski definition) is 3. The molecule has 2 N–H and O–H groups in total. The Morgan fingerprint density at radius 3 is 2.12 bits per heavy atom. The summed E-state index contributed by atoms with van der Waals surface area (Å²) in [6, 6.07) is -0.641. The SMILES string of the molecule is CCC1(CC)CN(C(CCC(=O)O)C(=O)O)C1. The second-order valence-electron chi connectivity index (χ2n) is 4.90. The predicted octanol–water partition coefficient (Wildman–Crippen LogP) is 1.43. The van der Waals surface area contributed by atoms with Crippen LogP contribution >= 0.6 is 0 Å². The van der Waals surface area contributed by atoms with E-state index in [1.165, 1.54) is 0 Å². The zero-order valence-corrected chi connectivity index (χ0v) is 10.5. The van der Waals surface area contributed by atoms with Gasteiger partial charge in [-0.1, -0.05) is 13.8 Å². The van der Waals surface area contributed by atoms with Gasteiger partial charge in [-0.25, -0.2) is 0 Å². The molecule has 98 valence electrons. The summed E-state index contributed by atoms with van der Waals surface area (Å²) in [4.78, 5) is 23.5. The molecule has 0 aromatic carbocycles. The van der Waals surface area contributed by atoms with E-state index < -0.39 is 18.0 Å². The van der Waals surface area contributed by atoms with Crippen LogP contribution in [0.3, 0.4) is 0 Å². The lowest BCUT2D eigenvalue weighted by atomic mass is 9.74. The lowest BCUT2D eigenvalue weighted by molar-refractivity contribution is -0.151. The fourth-order valence-corrected chi connectivity index (χ4v) is 2.46. The van der Waals surface area contributed by atoms with Crippen molar-refractivity contribution in [3.05, 3.63) is 0 Å². The molecule has 0 spiro atoms. The van der Waals surface area contributed by atoms with Crippen molar-refractivity contribution in [2.45, 2.75) is 45.6 Å². The van der Waals surface area contributed by atoms with Crippen molar-refractivity contribution in [3.63, 3.8) is 0 Å². The monoisotopic (exact) mass is 243 g/mol. The number of likely N-dealkylation sites (tertiary alicyclic amines) is 1. The first kappa shape index (κ1) is 14.0. The maximum atomic E-state index is 11.1. The van der Waals surface area contributed by atoms with Crippen LogP contribution in [0, 0.1) is 5.41 Å². The highest BCUT2D eigenvalue weighted by molar-refractivity contribution is 5.75. The highest BCUT2D eigenvalue weighted by atomic mass is 16.4. The molecule has 1 aliphatic heterocycles. The van der Waals surface area contributed by atoms with Gasteiger partial charge in [-0.3, -0.25) is 14.5 Å². The highest BCUT2D eigenvalue weighted by Gasteiger charge is 2.44. The van der Waals surface area contributed by atoms with Crippen molar-refractivity contribution in [1.82, 2.24) is 4.90 Å². The Balaban J connectivity index is 2.52. The van der Waals surface area contributed by atoms with E-state index in [4.69, 9.17) is 10.2 Å². The van der Waals surface area contributed by atoms with Gasteiger partial charge in [0, 0.05) is 19.5 Å². The molecule has 17 heavy (non-hydrogen) atoms. The van der Waals surface area contributed by atoms with Gasteiger partial charge in [0.1, 0.15) is 6.04 Å². The van der Waals surface area contributed by atoms with Gasteiger partial charge in [0.25, 0.3) is 0 Å². The molecule has 0 aromatic rings. The molecule has 1 rings (SSSR count). The van der Waals surface area contributed by atoms with Gasteiger partial charge < -0.3 is 10.2 Å². The van der Waals surface area contributed by atoms with Crippen LogP contribution < -0.4 is 0 Å². The number of aliphatic carboxylic acids is 2. The standard InChI is InChI=1S/C12H21NO4/c1-3-12(4-2)7-13(8-12)9(11(16)17)5-6-10(14)15/h9H,3-8H2,1-2H3,(H,14,15)(H,16,17). The molecule has 0 saturated carbocycles. The Bertz CT molecular complexity index is 291. The van der Waals surface area contributed by atoms with Crippen molar-refractivity contribution in [3.8, 4) is 0 Å². The lowest BCUT2D eigenvalue weighted by Crippen LogP contribution is -2.61. The second kappa shape index (κ2) is 5.49. The number of hydrogen-bond donors (Lipinski definition) is 2. The van der Waals surface area contributed by atoms with Gasteiger partial charge >= 0.3 is 11.9 Å². The average Bonchev–Trinajstić information content (AvgIpc) is 2.20. The molecule has 1 unspecified atom stereocenters. The molecule has 5 nitrogen and oxygen atoms in total. The van der Waals surface area contributed by atoms with E-state index in [1.54, 1.807) is 0 Å². The largest absolute Gasteiger partial charge is 0.481 e. The van der Waals surface area contributed by atoms with Crippen molar-refractivity contribution >= 4 is 11.9 Å². The molecular formula is C12H21NO4. The molecule has 1 atom stereocenters. The Hall–Kier alpha value is -1.10. The van der Waals surface area contributed by atoms with E-state index in [9.17, 15) is 9.59 Å². The van der Waals surface area contributed by atoms with E-state index >= 15 is 0 Å². The predicted molar refractivity (Wildman–Crippen MR) is 62.9 cm³/mol. The van der Waals surface area contributed by atoms with Crippen LogP contribution in [0.15, 0.2) is 0 Å². The van der Waals surface area contributed by atoms with E-state index in [-0.39, 0.29) is 18.3 Å². The van der Waals surface area contributed by atoms with Crippen LogP contribution in [0.1, 0.15) is 39.5 Å². The third-order valence-electron chi connectivity index (χ3n) is 3.93. The van der Waals surface area contributed by atoms with Gasteiger partial charge in [-0.05, 0) is 24.7 Å². The molecule has 5 heteroatoms. The smallest absolute Gasteiger partial charge is 0.320 e. The molecule has 1 fully saturated rings. The van der Waals surface area contributed by atoms with Crippen LogP contribution in [0.5, 0.6) is 0 Å². The summed E-state index contributed by atoms with van der Waals surface area (Å²) < 4.78 is 0. The minimum atomic E-state index is -0.936. The number of carbonyl (C=O) groups is 2. The highest BCUT2D eigenvalue weighted by Crippen LogP contribution is 2.38. The normalized spacial score (nSPS) is 20.6. The van der Waals surface area contributed by atoms with Gasteiger partial charge in [-0.15, -0.1) is 0 Å². The van der Waals surface area contributed by atoms with Crippen LogP contribution in [-0.4, -0.2) is 46.2 Å². The Morgan fingerprint density at radius 1 is 1.24 bits per heavy atom. The van der Waals surface area contributed by atoms with E-state index in [0.29, 0.717) is 0 Å². The molecule has 1 saturated heterocycles. The summed E-state index contributed by atoms with van der Waals surface area (Å²) in [7, 11) is 0. The van der Waals surface area contributed by atoms with Crippen LogP contribution in [0.25, 0.3) is 0 Å². The summed E-state index contributed by atoms with van der Waals surface area (Å²) in [5.74, 6) is -1.85. The van der Waals surface area contributed by atoms with Crippen molar-refractivity contribution < 1.29 is 19.8 Å². The minimum Gasteiger partial charge on any atom is -0.481 e. The van der Waals surface area contributed by atoms with E-state index in [1.807, 2.05) is 4.90 Å². The molecule has 1 aliphatic rings. The van der Waals surface area contributed by atoms with Crippen molar-refractivity contribution in [2.75, 3.05) is 13.1 Å². The van der Waals surface area contributed by atoms with Gasteiger partial charge in [0.15, 0.2) is 0 Å². The molecular weight excluding hydrogens is 222 g/mol. The van der Waals surface area contributed by atoms with Crippen LogP contribution in [0.2, 0.25) is 0 Å². The fourth-order valence-electron chi connectivity index (χ4n) is 2.46. The van der Waals surface area contributed by atoms with E-state index in [2.05, 4.69) is 13.8 Å². The molecule has 0 bridgehead atoms. The average molecular weight is 243 g/mol. The first-order chi connectivity index (χ1) is 7.94. The van der Waals surface area contributed by atoms with Crippen molar-refractivity contribution in [2.24, 2.45) is 5.41 Å². The van der Waals surface area contributed by atoms with Gasteiger partial charge in [-0.2, -0.15) is 0 Å². The third-order valence-corrected chi connectivity index (χ3v) is 3.93. The Morgan fingerprint density at radius 2 is 1.76 bits per heavy atom. The third kappa shape index (κ3) is 3.19. The summed E-state index contributed by atoms with van der Waals surface area (Å²) in [5, 5.41) is 17.7. The molecule has 0 amide bonds. The number of carboxylic acid groups (broad SMARTS) is 2. The Kier molecular flexibility index (Phi) is 4.51. The van der Waals surface area contributed by atoms with Crippen molar-refractivity contribution in [1.29, 1.82) is 0 Å². The number of carboxylic acids is 2. The lowest BCUT2D eigenvalue weighted by Gasteiger charge is -2.52. The maximum Gasteiger partial charge on any atom is 0.320 e. The first-order valence-corrected chi connectivity index (χ1v) is 6.13. The first-order valence-electron chi connectivity index (χ1n) is 6.13. The molecule has 0 aliphatic carbocycles. The number of rotatable bonds is 7. The topological polar surface area (TPSA) is 77.8 Å². The molecule has 1 heterocycles. The maximum absolute atomic E-state index is 11.1. The summed E-state index contributed by atoms with van der Waals surface area (Å²) in [5.41, 5.74) is 0.247.